The quantitative estimate of drug-likeness (QED) is 0.816. The number of para-hydroxylation sites is 1. The normalized spacial score (nSPS) is 17.7. The molecule has 27 heavy (non-hydrogen) atoms. The van der Waals surface area contributed by atoms with E-state index in [0.717, 1.165) is 30.2 Å². The minimum Gasteiger partial charge on any atom is -0.339 e. The lowest BCUT2D eigenvalue weighted by Crippen LogP contribution is -2.52. The van der Waals surface area contributed by atoms with E-state index in [9.17, 15) is 9.59 Å². The molecule has 4 rings (SSSR count). The van der Waals surface area contributed by atoms with Crippen molar-refractivity contribution in [3.63, 3.8) is 0 Å². The molecule has 0 aromatic heterocycles. The van der Waals surface area contributed by atoms with Gasteiger partial charge in [-0.15, -0.1) is 11.8 Å². The lowest BCUT2D eigenvalue weighted by atomic mass is 10.2. The van der Waals surface area contributed by atoms with Crippen LogP contribution in [0, 0.1) is 0 Å². The summed E-state index contributed by atoms with van der Waals surface area (Å²) < 4.78 is 0. The SMILES string of the molecule is O=C(CN1C(=O)CSc2ccccc21)N1CCN(Cc2ccccc2)CC1. The fraction of sp³-hybridized carbons (Fsp3) is 0.333. The van der Waals surface area contributed by atoms with E-state index in [4.69, 9.17) is 0 Å². The summed E-state index contributed by atoms with van der Waals surface area (Å²) in [5.41, 5.74) is 2.15. The first-order chi connectivity index (χ1) is 13.2. The van der Waals surface area contributed by atoms with Crippen molar-refractivity contribution in [3.8, 4) is 0 Å². The van der Waals surface area contributed by atoms with Crippen LogP contribution in [0.15, 0.2) is 59.5 Å². The van der Waals surface area contributed by atoms with Crippen molar-refractivity contribution in [2.75, 3.05) is 43.4 Å². The Balaban J connectivity index is 1.34. The number of anilines is 1. The Hall–Kier alpha value is -2.31. The summed E-state index contributed by atoms with van der Waals surface area (Å²) in [6.45, 7) is 4.20. The van der Waals surface area contributed by atoms with Crippen LogP contribution in [0.3, 0.4) is 0 Å². The maximum absolute atomic E-state index is 12.8. The summed E-state index contributed by atoms with van der Waals surface area (Å²) in [7, 11) is 0. The number of hydrogen-bond acceptors (Lipinski definition) is 4. The average Bonchev–Trinajstić information content (AvgIpc) is 2.71. The molecule has 1 saturated heterocycles. The highest BCUT2D eigenvalue weighted by Crippen LogP contribution is 2.34. The topological polar surface area (TPSA) is 43.9 Å². The number of fused-ring (bicyclic) bond motifs is 1. The van der Waals surface area contributed by atoms with Crippen molar-refractivity contribution in [1.82, 2.24) is 9.80 Å². The molecule has 0 aliphatic carbocycles. The van der Waals surface area contributed by atoms with Gasteiger partial charge in [0.25, 0.3) is 0 Å². The fourth-order valence-corrected chi connectivity index (χ4v) is 4.50. The third-order valence-corrected chi connectivity index (χ3v) is 6.12. The molecular formula is C21H23N3O2S. The molecule has 2 aliphatic heterocycles. The van der Waals surface area contributed by atoms with Crippen molar-refractivity contribution in [1.29, 1.82) is 0 Å². The monoisotopic (exact) mass is 381 g/mol. The van der Waals surface area contributed by atoms with Crippen molar-refractivity contribution in [3.05, 3.63) is 60.2 Å². The van der Waals surface area contributed by atoms with Gasteiger partial charge in [-0.2, -0.15) is 0 Å². The minimum absolute atomic E-state index is 0.00904. The molecule has 2 amide bonds. The van der Waals surface area contributed by atoms with Gasteiger partial charge in [0.1, 0.15) is 6.54 Å². The third-order valence-electron chi connectivity index (χ3n) is 5.08. The zero-order valence-corrected chi connectivity index (χ0v) is 16.0. The second kappa shape index (κ2) is 8.15. The molecule has 1 fully saturated rings. The van der Waals surface area contributed by atoms with Crippen LogP contribution in [0.1, 0.15) is 5.56 Å². The van der Waals surface area contributed by atoms with E-state index in [1.165, 1.54) is 5.56 Å². The molecule has 5 nitrogen and oxygen atoms in total. The van der Waals surface area contributed by atoms with Gasteiger partial charge in [-0.1, -0.05) is 42.5 Å². The maximum Gasteiger partial charge on any atom is 0.242 e. The highest BCUT2D eigenvalue weighted by molar-refractivity contribution is 8.00. The maximum atomic E-state index is 12.8. The van der Waals surface area contributed by atoms with E-state index in [1.54, 1.807) is 16.7 Å². The van der Waals surface area contributed by atoms with Gasteiger partial charge in [0.15, 0.2) is 0 Å². The highest BCUT2D eigenvalue weighted by Gasteiger charge is 2.29. The molecule has 2 aromatic carbocycles. The van der Waals surface area contributed by atoms with Crippen LogP contribution >= 0.6 is 11.8 Å². The predicted molar refractivity (Wildman–Crippen MR) is 108 cm³/mol. The number of rotatable bonds is 4. The standard InChI is InChI=1S/C21H23N3O2S/c25-20(15-24-18-8-4-5-9-19(18)27-16-21(24)26)23-12-10-22(11-13-23)14-17-6-2-1-3-7-17/h1-9H,10-16H2. The Morgan fingerprint density at radius 1 is 0.926 bits per heavy atom. The molecule has 0 N–H and O–H groups in total. The van der Waals surface area contributed by atoms with Gasteiger partial charge in [0.2, 0.25) is 11.8 Å². The first-order valence-electron chi connectivity index (χ1n) is 9.27. The number of piperazine rings is 1. The number of carbonyl (C=O) groups excluding carboxylic acids is 2. The number of benzene rings is 2. The molecule has 2 aromatic rings. The summed E-state index contributed by atoms with van der Waals surface area (Å²) in [6, 6.07) is 18.2. The Morgan fingerprint density at radius 3 is 2.41 bits per heavy atom. The third kappa shape index (κ3) is 4.17. The molecular weight excluding hydrogens is 358 g/mol. The molecule has 0 unspecified atom stereocenters. The summed E-state index contributed by atoms with van der Waals surface area (Å²) in [5, 5.41) is 0. The molecule has 2 heterocycles. The zero-order chi connectivity index (χ0) is 18.6. The Bertz CT molecular complexity index is 819. The minimum atomic E-state index is 0.00904. The van der Waals surface area contributed by atoms with Crippen LogP contribution in [-0.2, 0) is 16.1 Å². The van der Waals surface area contributed by atoms with Crippen LogP contribution in [-0.4, -0.2) is 60.1 Å². The van der Waals surface area contributed by atoms with E-state index in [2.05, 4.69) is 29.2 Å². The van der Waals surface area contributed by atoms with Crippen molar-refractivity contribution < 1.29 is 9.59 Å². The Morgan fingerprint density at radius 2 is 1.63 bits per heavy atom. The summed E-state index contributed by atoms with van der Waals surface area (Å²) in [6.07, 6.45) is 0. The zero-order valence-electron chi connectivity index (χ0n) is 15.2. The van der Waals surface area contributed by atoms with Crippen molar-refractivity contribution in [2.45, 2.75) is 11.4 Å². The molecule has 140 valence electrons. The average molecular weight is 382 g/mol. The van der Waals surface area contributed by atoms with Gasteiger partial charge in [0, 0.05) is 37.6 Å². The largest absolute Gasteiger partial charge is 0.339 e. The van der Waals surface area contributed by atoms with Crippen LogP contribution < -0.4 is 4.90 Å². The van der Waals surface area contributed by atoms with Gasteiger partial charge in [-0.3, -0.25) is 14.5 Å². The van der Waals surface area contributed by atoms with Crippen LogP contribution in [0.2, 0.25) is 0 Å². The smallest absolute Gasteiger partial charge is 0.242 e. The fourth-order valence-electron chi connectivity index (χ4n) is 3.56. The number of amides is 2. The predicted octanol–water partition coefficient (Wildman–Crippen LogP) is 2.47. The van der Waals surface area contributed by atoms with E-state index in [1.807, 2.05) is 35.2 Å². The van der Waals surface area contributed by atoms with E-state index in [-0.39, 0.29) is 18.4 Å². The summed E-state index contributed by atoms with van der Waals surface area (Å²) >= 11 is 1.54. The molecule has 0 radical (unpaired) electrons. The number of hydrogen-bond donors (Lipinski definition) is 0. The van der Waals surface area contributed by atoms with Crippen molar-refractivity contribution >= 4 is 29.3 Å². The summed E-state index contributed by atoms with van der Waals surface area (Å²) in [4.78, 5) is 32.1. The summed E-state index contributed by atoms with van der Waals surface area (Å²) in [5.74, 6) is 0.439. The molecule has 6 heteroatoms. The second-order valence-electron chi connectivity index (χ2n) is 6.88. The Kier molecular flexibility index (Phi) is 5.45. The molecule has 2 aliphatic rings. The molecule has 0 atom stereocenters. The second-order valence-corrected chi connectivity index (χ2v) is 7.90. The van der Waals surface area contributed by atoms with Gasteiger partial charge in [-0.05, 0) is 17.7 Å². The first kappa shape index (κ1) is 18.1. The number of carbonyl (C=O) groups is 2. The lowest BCUT2D eigenvalue weighted by Gasteiger charge is -2.36. The molecule has 0 spiro atoms. The lowest BCUT2D eigenvalue weighted by molar-refractivity contribution is -0.132. The van der Waals surface area contributed by atoms with Crippen molar-refractivity contribution in [2.24, 2.45) is 0 Å². The van der Waals surface area contributed by atoms with E-state index in [0.29, 0.717) is 18.8 Å². The van der Waals surface area contributed by atoms with Crippen LogP contribution in [0.25, 0.3) is 0 Å². The first-order valence-corrected chi connectivity index (χ1v) is 10.3. The van der Waals surface area contributed by atoms with Gasteiger partial charge >= 0.3 is 0 Å². The molecule has 0 saturated carbocycles. The highest BCUT2D eigenvalue weighted by atomic mass is 32.2. The van der Waals surface area contributed by atoms with Gasteiger partial charge in [0.05, 0.1) is 11.4 Å². The number of thioether (sulfide) groups is 1. The van der Waals surface area contributed by atoms with E-state index >= 15 is 0 Å². The van der Waals surface area contributed by atoms with Gasteiger partial charge in [-0.25, -0.2) is 0 Å². The van der Waals surface area contributed by atoms with Crippen LogP contribution in [0.5, 0.6) is 0 Å². The van der Waals surface area contributed by atoms with Crippen LogP contribution in [0.4, 0.5) is 5.69 Å². The van der Waals surface area contributed by atoms with E-state index < -0.39 is 0 Å². The molecule has 0 bridgehead atoms. The number of nitrogens with zero attached hydrogens (tertiary/aromatic N) is 3. The van der Waals surface area contributed by atoms with Gasteiger partial charge < -0.3 is 9.80 Å². The Labute approximate surface area is 163 Å².